The van der Waals surface area contributed by atoms with Crippen LogP contribution in [0.15, 0.2) is 41.3 Å². The molecule has 5 rings (SSSR count). The molecule has 2 aromatic heterocycles. The van der Waals surface area contributed by atoms with Crippen molar-refractivity contribution in [1.29, 1.82) is 0 Å². The topological polar surface area (TPSA) is 63.1 Å². The predicted molar refractivity (Wildman–Crippen MR) is 139 cm³/mol. The van der Waals surface area contributed by atoms with E-state index in [1.165, 1.54) is 36.8 Å². The fourth-order valence-electron chi connectivity index (χ4n) is 5.84. The number of nitrogens with zero attached hydrogens (tertiary/aromatic N) is 4. The molecule has 0 unspecified atom stereocenters. The zero-order valence-electron chi connectivity index (χ0n) is 20.8. The van der Waals surface area contributed by atoms with Crippen LogP contribution in [0.4, 0.5) is 5.95 Å². The second-order valence-corrected chi connectivity index (χ2v) is 10.5. The van der Waals surface area contributed by atoms with Gasteiger partial charge in [0.2, 0.25) is 5.95 Å². The van der Waals surface area contributed by atoms with Gasteiger partial charge in [0, 0.05) is 41.7 Å². The lowest BCUT2D eigenvalue weighted by Gasteiger charge is -2.33. The van der Waals surface area contributed by atoms with E-state index < -0.39 is 0 Å². The van der Waals surface area contributed by atoms with Gasteiger partial charge in [-0.05, 0) is 71.2 Å². The minimum Gasteiger partial charge on any atom is -0.351 e. The van der Waals surface area contributed by atoms with Crippen LogP contribution in [-0.4, -0.2) is 45.6 Å². The maximum Gasteiger partial charge on any atom is 0.256 e. The highest BCUT2D eigenvalue weighted by molar-refractivity contribution is 5.76. The molecule has 2 aliphatic carbocycles. The Hall–Kier alpha value is -2.73. The summed E-state index contributed by atoms with van der Waals surface area (Å²) < 4.78 is 1.99. The Labute approximate surface area is 202 Å². The Kier molecular flexibility index (Phi) is 6.68. The number of aryl methyl sites for hydroxylation is 1. The van der Waals surface area contributed by atoms with Gasteiger partial charge in [0.1, 0.15) is 5.65 Å². The molecule has 3 aromatic rings. The van der Waals surface area contributed by atoms with Crippen molar-refractivity contribution in [1.82, 2.24) is 19.4 Å². The first-order valence-corrected chi connectivity index (χ1v) is 12.9. The van der Waals surface area contributed by atoms with E-state index in [0.29, 0.717) is 24.5 Å². The molecule has 0 amide bonds. The summed E-state index contributed by atoms with van der Waals surface area (Å²) in [4.78, 5) is 25.7. The Bertz CT molecular complexity index is 1200. The number of nitrogens with one attached hydrogen (secondary N) is 1. The molecule has 0 aliphatic heterocycles. The van der Waals surface area contributed by atoms with E-state index in [1.54, 1.807) is 0 Å². The highest BCUT2D eigenvalue weighted by Crippen LogP contribution is 2.31. The number of hydrogen-bond acceptors (Lipinski definition) is 5. The minimum absolute atomic E-state index is 0.108. The summed E-state index contributed by atoms with van der Waals surface area (Å²) in [6.45, 7) is 2.09. The number of fused-ring (bicyclic) bond motifs is 1. The van der Waals surface area contributed by atoms with Gasteiger partial charge in [0.25, 0.3) is 5.56 Å². The molecule has 6 nitrogen and oxygen atoms in total. The average Bonchev–Trinajstić information content (AvgIpc) is 3.35. The zero-order chi connectivity index (χ0) is 23.7. The summed E-state index contributed by atoms with van der Waals surface area (Å²) in [5.41, 5.74) is 4.10. The first kappa shape index (κ1) is 23.0. The third-order valence-corrected chi connectivity index (χ3v) is 7.77. The number of hydrogen-bond donors (Lipinski definition) is 1. The van der Waals surface area contributed by atoms with Crippen molar-refractivity contribution < 1.29 is 0 Å². The summed E-state index contributed by atoms with van der Waals surface area (Å²) >= 11 is 0. The van der Waals surface area contributed by atoms with Gasteiger partial charge in [-0.25, -0.2) is 4.98 Å². The Balaban J connectivity index is 1.47. The largest absolute Gasteiger partial charge is 0.351 e. The molecule has 0 spiro atoms. The van der Waals surface area contributed by atoms with Crippen LogP contribution in [0.25, 0.3) is 11.0 Å². The Morgan fingerprint density at radius 1 is 1.06 bits per heavy atom. The smallest absolute Gasteiger partial charge is 0.256 e. The van der Waals surface area contributed by atoms with Crippen molar-refractivity contribution in [3.05, 3.63) is 63.6 Å². The van der Waals surface area contributed by atoms with Crippen molar-refractivity contribution in [2.75, 3.05) is 19.4 Å². The second kappa shape index (κ2) is 9.87. The lowest BCUT2D eigenvalue weighted by molar-refractivity contribution is 0.221. The van der Waals surface area contributed by atoms with Gasteiger partial charge in [-0.15, -0.1) is 0 Å². The molecule has 2 fully saturated rings. The molecular formula is C28H37N5O. The lowest BCUT2D eigenvalue weighted by atomic mass is 9.91. The van der Waals surface area contributed by atoms with Gasteiger partial charge >= 0.3 is 0 Å². The summed E-state index contributed by atoms with van der Waals surface area (Å²) in [5, 5.41) is 4.53. The summed E-state index contributed by atoms with van der Waals surface area (Å²) in [7, 11) is 4.33. The van der Waals surface area contributed by atoms with E-state index in [4.69, 9.17) is 4.98 Å². The van der Waals surface area contributed by atoms with Gasteiger partial charge in [0.05, 0.1) is 0 Å². The number of pyridine rings is 1. The highest BCUT2D eigenvalue weighted by Gasteiger charge is 2.25. The number of anilines is 1. The molecule has 1 aromatic carbocycles. The standard InChI is InChI=1S/C28H37N5O/c1-19-7-6-8-20(15-19)16-21-17-22-18-29-28(30-23-11-13-24(14-12-23)32(2)3)31-26(22)33(27(21)34)25-9-4-5-10-25/h6-8,15,17-18,23-25H,4-5,9-14,16H2,1-3H3,(H,29,30,31). The van der Waals surface area contributed by atoms with Gasteiger partial charge < -0.3 is 10.2 Å². The molecular weight excluding hydrogens is 422 g/mol. The average molecular weight is 460 g/mol. The number of benzene rings is 1. The summed E-state index contributed by atoms with van der Waals surface area (Å²) in [6.07, 6.45) is 11.6. The van der Waals surface area contributed by atoms with Crippen molar-refractivity contribution in [2.45, 2.75) is 82.8 Å². The van der Waals surface area contributed by atoms with Crippen molar-refractivity contribution in [3.8, 4) is 0 Å². The molecule has 2 heterocycles. The predicted octanol–water partition coefficient (Wildman–Crippen LogP) is 5.09. The monoisotopic (exact) mass is 459 g/mol. The third kappa shape index (κ3) is 4.88. The van der Waals surface area contributed by atoms with E-state index in [0.717, 1.165) is 42.3 Å². The van der Waals surface area contributed by atoms with Crippen molar-refractivity contribution in [2.24, 2.45) is 0 Å². The maximum atomic E-state index is 13.7. The number of rotatable bonds is 6. The van der Waals surface area contributed by atoms with E-state index in [2.05, 4.69) is 60.5 Å². The van der Waals surface area contributed by atoms with Crippen LogP contribution in [0, 0.1) is 6.92 Å². The van der Waals surface area contributed by atoms with Crippen LogP contribution in [-0.2, 0) is 6.42 Å². The van der Waals surface area contributed by atoms with Crippen molar-refractivity contribution in [3.63, 3.8) is 0 Å². The highest BCUT2D eigenvalue weighted by atomic mass is 16.1. The first-order valence-electron chi connectivity index (χ1n) is 12.9. The molecule has 0 bridgehead atoms. The van der Waals surface area contributed by atoms with Crippen LogP contribution < -0.4 is 10.9 Å². The Morgan fingerprint density at radius 3 is 2.53 bits per heavy atom. The molecule has 34 heavy (non-hydrogen) atoms. The summed E-state index contributed by atoms with van der Waals surface area (Å²) in [6, 6.07) is 11.7. The van der Waals surface area contributed by atoms with Crippen molar-refractivity contribution >= 4 is 17.0 Å². The molecule has 0 saturated heterocycles. The molecule has 180 valence electrons. The van der Waals surface area contributed by atoms with Crippen LogP contribution in [0.3, 0.4) is 0 Å². The van der Waals surface area contributed by atoms with E-state index >= 15 is 0 Å². The van der Waals surface area contributed by atoms with Gasteiger partial charge in [-0.3, -0.25) is 9.36 Å². The second-order valence-electron chi connectivity index (χ2n) is 10.5. The molecule has 1 N–H and O–H groups in total. The van der Waals surface area contributed by atoms with E-state index in [1.807, 2.05) is 16.8 Å². The van der Waals surface area contributed by atoms with E-state index in [9.17, 15) is 4.79 Å². The van der Waals surface area contributed by atoms with Gasteiger partial charge in [0.15, 0.2) is 0 Å². The van der Waals surface area contributed by atoms with Crippen LogP contribution in [0.5, 0.6) is 0 Å². The fourth-order valence-corrected chi connectivity index (χ4v) is 5.84. The fraction of sp³-hybridized carbons (Fsp3) is 0.536. The van der Waals surface area contributed by atoms with Gasteiger partial charge in [-0.2, -0.15) is 4.98 Å². The molecule has 0 radical (unpaired) electrons. The minimum atomic E-state index is 0.108. The Morgan fingerprint density at radius 2 is 1.82 bits per heavy atom. The molecule has 6 heteroatoms. The molecule has 2 aliphatic rings. The lowest BCUT2D eigenvalue weighted by Crippen LogP contribution is -2.36. The molecule has 0 atom stereocenters. The summed E-state index contributed by atoms with van der Waals surface area (Å²) in [5.74, 6) is 0.651. The normalized spacial score (nSPS) is 21.4. The van der Waals surface area contributed by atoms with Gasteiger partial charge in [-0.1, -0.05) is 42.7 Å². The van der Waals surface area contributed by atoms with Crippen LogP contribution >= 0.6 is 0 Å². The number of aromatic nitrogens is 3. The zero-order valence-corrected chi connectivity index (χ0v) is 20.8. The maximum absolute atomic E-state index is 13.7. The van der Waals surface area contributed by atoms with Crippen LogP contribution in [0.1, 0.15) is 74.1 Å². The quantitative estimate of drug-likeness (QED) is 0.556. The molecule has 2 saturated carbocycles. The SMILES string of the molecule is Cc1cccc(Cc2cc3cnc(NC4CCC(N(C)C)CC4)nc3n(C3CCCC3)c2=O)c1. The van der Waals surface area contributed by atoms with E-state index in [-0.39, 0.29) is 11.6 Å². The first-order chi connectivity index (χ1) is 16.5. The van der Waals surface area contributed by atoms with Crippen LogP contribution in [0.2, 0.25) is 0 Å². The third-order valence-electron chi connectivity index (χ3n) is 7.77.